The Morgan fingerprint density at radius 2 is 2.29 bits per heavy atom. The predicted molar refractivity (Wildman–Crippen MR) is 60.3 cm³/mol. The highest BCUT2D eigenvalue weighted by atomic mass is 31.0. The molecule has 1 aromatic rings. The average molecular weight is 212 g/mol. The zero-order chi connectivity index (χ0) is 10.7. The van der Waals surface area contributed by atoms with Gasteiger partial charge in [0.2, 0.25) is 0 Å². The molecule has 0 saturated carbocycles. The molecule has 4 nitrogen and oxygen atoms in total. The van der Waals surface area contributed by atoms with Crippen LogP contribution in [0.5, 0.6) is 0 Å². The van der Waals surface area contributed by atoms with E-state index in [1.165, 1.54) is 12.1 Å². The summed E-state index contributed by atoms with van der Waals surface area (Å²) in [6, 6.07) is 4.54. The van der Waals surface area contributed by atoms with Gasteiger partial charge in [-0.05, 0) is 18.1 Å². The summed E-state index contributed by atoms with van der Waals surface area (Å²) in [6.07, 6.45) is 0.885. The third kappa shape index (κ3) is 2.20. The normalized spacial score (nSPS) is 12.4. The Morgan fingerprint density at radius 1 is 1.64 bits per heavy atom. The van der Waals surface area contributed by atoms with Crippen LogP contribution in [0.25, 0.3) is 0 Å². The summed E-state index contributed by atoms with van der Waals surface area (Å²) in [6.45, 7) is 2.01. The summed E-state index contributed by atoms with van der Waals surface area (Å²) in [5.74, 6) is 0. The first-order valence-electron chi connectivity index (χ1n) is 4.35. The van der Waals surface area contributed by atoms with Gasteiger partial charge in [-0.25, -0.2) is 0 Å². The summed E-state index contributed by atoms with van der Waals surface area (Å²) >= 11 is 0. The molecule has 14 heavy (non-hydrogen) atoms. The molecule has 2 atom stereocenters. The fourth-order valence-corrected chi connectivity index (χ4v) is 1.51. The number of hydrogen-bond donors (Lipinski definition) is 1. The Morgan fingerprint density at radius 3 is 2.79 bits per heavy atom. The number of hydrogen-bond acceptors (Lipinski definition) is 3. The van der Waals surface area contributed by atoms with Gasteiger partial charge < -0.3 is 5.73 Å². The topological polar surface area (TPSA) is 69.2 Å². The van der Waals surface area contributed by atoms with Crippen LogP contribution in [0, 0.1) is 10.1 Å². The van der Waals surface area contributed by atoms with E-state index in [2.05, 4.69) is 9.24 Å². The number of anilines is 1. The van der Waals surface area contributed by atoms with E-state index >= 15 is 0 Å². The third-order valence-corrected chi connectivity index (χ3v) is 2.95. The average Bonchev–Trinajstić information content (AvgIpc) is 2.17. The van der Waals surface area contributed by atoms with Crippen LogP contribution in [0.15, 0.2) is 18.2 Å². The van der Waals surface area contributed by atoms with E-state index < -0.39 is 4.92 Å². The van der Waals surface area contributed by atoms with Crippen LogP contribution in [0.4, 0.5) is 11.4 Å². The molecule has 76 valence electrons. The predicted octanol–water partition coefficient (Wildman–Crippen LogP) is 2.50. The van der Waals surface area contributed by atoms with E-state index in [0.29, 0.717) is 5.69 Å². The number of nitrogen functional groups attached to an aromatic ring is 1. The van der Waals surface area contributed by atoms with Gasteiger partial charge >= 0.3 is 0 Å². The van der Waals surface area contributed by atoms with Gasteiger partial charge in [-0.1, -0.05) is 6.92 Å². The minimum atomic E-state index is -0.407. The molecule has 0 radical (unpaired) electrons. The van der Waals surface area contributed by atoms with Crippen molar-refractivity contribution in [1.29, 1.82) is 0 Å². The molecule has 0 fully saturated rings. The summed E-state index contributed by atoms with van der Waals surface area (Å²) in [7, 11) is 2.63. The Bertz CT molecular complexity index is 355. The fourth-order valence-electron chi connectivity index (χ4n) is 1.22. The number of nitro benzene ring substituents is 1. The molecule has 0 saturated heterocycles. The first kappa shape index (κ1) is 10.9. The number of nitrogens with two attached hydrogens (primary N) is 1. The second-order valence-corrected chi connectivity index (χ2v) is 3.89. The molecule has 0 aliphatic rings. The molecule has 0 spiro atoms. The molecule has 0 bridgehead atoms. The molecule has 0 aliphatic heterocycles. The van der Waals surface area contributed by atoms with E-state index in [1.54, 1.807) is 6.07 Å². The van der Waals surface area contributed by atoms with E-state index in [1.807, 2.05) is 6.92 Å². The third-order valence-electron chi connectivity index (χ3n) is 2.12. The van der Waals surface area contributed by atoms with Crippen molar-refractivity contribution in [1.82, 2.24) is 0 Å². The van der Waals surface area contributed by atoms with Crippen LogP contribution in [0.1, 0.15) is 24.6 Å². The number of nitro groups is 1. The number of non-ortho nitro benzene ring substituents is 1. The molecule has 0 aromatic heterocycles. The summed E-state index contributed by atoms with van der Waals surface area (Å²) in [5.41, 5.74) is 7.43. The highest BCUT2D eigenvalue weighted by Crippen LogP contribution is 2.33. The van der Waals surface area contributed by atoms with Gasteiger partial charge in [-0.3, -0.25) is 10.1 Å². The van der Waals surface area contributed by atoms with E-state index in [9.17, 15) is 10.1 Å². The number of rotatable bonds is 3. The van der Waals surface area contributed by atoms with Crippen LogP contribution in [0.2, 0.25) is 0 Å². The lowest BCUT2D eigenvalue weighted by molar-refractivity contribution is -0.384. The summed E-state index contributed by atoms with van der Waals surface area (Å²) in [5, 5.41) is 10.5. The van der Waals surface area contributed by atoms with Crippen LogP contribution in [-0.4, -0.2) is 4.92 Å². The van der Waals surface area contributed by atoms with Crippen molar-refractivity contribution < 1.29 is 4.92 Å². The molecule has 2 unspecified atom stereocenters. The Hall–Kier alpha value is -1.15. The molecule has 5 heteroatoms. The Labute approximate surface area is 84.8 Å². The second-order valence-electron chi connectivity index (χ2n) is 3.09. The van der Waals surface area contributed by atoms with Gasteiger partial charge in [0.05, 0.1) is 4.92 Å². The quantitative estimate of drug-likeness (QED) is 0.362. The van der Waals surface area contributed by atoms with Gasteiger partial charge in [-0.15, -0.1) is 9.24 Å². The largest absolute Gasteiger partial charge is 0.398 e. The monoisotopic (exact) mass is 212 g/mol. The van der Waals surface area contributed by atoms with Crippen LogP contribution >= 0.6 is 9.24 Å². The smallest absolute Gasteiger partial charge is 0.269 e. The van der Waals surface area contributed by atoms with Crippen LogP contribution < -0.4 is 5.73 Å². The number of nitrogens with zero attached hydrogens (tertiary/aromatic N) is 1. The fraction of sp³-hybridized carbons (Fsp3) is 0.333. The minimum absolute atomic E-state index is 0.0927. The molecule has 0 heterocycles. The first-order chi connectivity index (χ1) is 6.56. The SMILES string of the molecule is CCC(P)c1cc([N+](=O)[O-])ccc1N. The summed E-state index contributed by atoms with van der Waals surface area (Å²) < 4.78 is 0. The minimum Gasteiger partial charge on any atom is -0.398 e. The van der Waals surface area contributed by atoms with Crippen molar-refractivity contribution in [2.75, 3.05) is 5.73 Å². The van der Waals surface area contributed by atoms with Gasteiger partial charge in [-0.2, -0.15) is 0 Å². The number of benzene rings is 1. The molecular formula is C9H13N2O2P. The van der Waals surface area contributed by atoms with Crippen LogP contribution in [0.3, 0.4) is 0 Å². The van der Waals surface area contributed by atoms with E-state index in [-0.39, 0.29) is 11.3 Å². The first-order valence-corrected chi connectivity index (χ1v) is 5.02. The summed E-state index contributed by atoms with van der Waals surface area (Å²) in [4.78, 5) is 10.1. The molecule has 0 aliphatic carbocycles. The molecule has 1 aromatic carbocycles. The van der Waals surface area contributed by atoms with Crippen molar-refractivity contribution in [2.24, 2.45) is 0 Å². The van der Waals surface area contributed by atoms with E-state index in [4.69, 9.17) is 5.73 Å². The zero-order valence-corrected chi connectivity index (χ0v) is 9.09. The van der Waals surface area contributed by atoms with Gasteiger partial charge in [0.1, 0.15) is 0 Å². The van der Waals surface area contributed by atoms with Crippen molar-refractivity contribution >= 4 is 20.6 Å². The lowest BCUT2D eigenvalue weighted by Gasteiger charge is -2.11. The van der Waals surface area contributed by atoms with Gasteiger partial charge in [0.15, 0.2) is 0 Å². The second kappa shape index (κ2) is 4.38. The van der Waals surface area contributed by atoms with Crippen molar-refractivity contribution in [3.63, 3.8) is 0 Å². The van der Waals surface area contributed by atoms with Gasteiger partial charge in [0.25, 0.3) is 5.69 Å². The van der Waals surface area contributed by atoms with Crippen molar-refractivity contribution in [3.8, 4) is 0 Å². The maximum Gasteiger partial charge on any atom is 0.269 e. The standard InChI is InChI=1S/C9H13N2O2P/c1-2-9(14)7-5-6(11(12)13)3-4-8(7)10/h3-5,9H,2,10,14H2,1H3. The van der Waals surface area contributed by atoms with Crippen molar-refractivity contribution in [2.45, 2.75) is 19.0 Å². The van der Waals surface area contributed by atoms with Crippen molar-refractivity contribution in [3.05, 3.63) is 33.9 Å². The maximum atomic E-state index is 10.5. The Kier molecular flexibility index (Phi) is 3.42. The van der Waals surface area contributed by atoms with E-state index in [0.717, 1.165) is 12.0 Å². The molecule has 0 amide bonds. The maximum absolute atomic E-state index is 10.5. The highest BCUT2D eigenvalue weighted by molar-refractivity contribution is 7.17. The molecule has 1 rings (SSSR count). The van der Waals surface area contributed by atoms with Gasteiger partial charge in [0, 0.05) is 23.5 Å². The lowest BCUT2D eigenvalue weighted by Crippen LogP contribution is -1.98. The molecular weight excluding hydrogens is 199 g/mol. The highest BCUT2D eigenvalue weighted by Gasteiger charge is 2.12. The van der Waals surface area contributed by atoms with Crippen LogP contribution in [-0.2, 0) is 0 Å². The molecule has 2 N–H and O–H groups in total. The Balaban J connectivity index is 3.14. The zero-order valence-electron chi connectivity index (χ0n) is 7.93. The lowest BCUT2D eigenvalue weighted by atomic mass is 10.1.